The van der Waals surface area contributed by atoms with E-state index in [4.69, 9.17) is 9.47 Å². The van der Waals surface area contributed by atoms with Crippen molar-refractivity contribution in [2.45, 2.75) is 97.1 Å². The first-order chi connectivity index (χ1) is 18.7. The van der Waals surface area contributed by atoms with Gasteiger partial charge in [0.15, 0.2) is 5.82 Å². The maximum absolute atomic E-state index is 14.1. The van der Waals surface area contributed by atoms with Gasteiger partial charge < -0.3 is 9.47 Å². The Balaban J connectivity index is 1.41. The normalized spacial score (nSPS) is 11.9. The van der Waals surface area contributed by atoms with E-state index in [2.05, 4.69) is 23.8 Å². The number of hydrogen-bond donors (Lipinski definition) is 0. The molecule has 0 spiro atoms. The zero-order valence-electron chi connectivity index (χ0n) is 23.3. The van der Waals surface area contributed by atoms with Crippen molar-refractivity contribution in [1.29, 1.82) is 0 Å². The smallest absolute Gasteiger partial charge is 0.159 e. The van der Waals surface area contributed by atoms with Crippen LogP contribution in [0.2, 0.25) is 0 Å². The highest BCUT2D eigenvalue weighted by atomic mass is 19.1. The Morgan fingerprint density at radius 3 is 1.76 bits per heavy atom. The van der Waals surface area contributed by atoms with E-state index >= 15 is 0 Å². The molecule has 1 atom stereocenters. The largest absolute Gasteiger partial charge is 0.494 e. The summed E-state index contributed by atoms with van der Waals surface area (Å²) in [5.74, 6) is 2.24. The van der Waals surface area contributed by atoms with Crippen LogP contribution in [0.3, 0.4) is 0 Å². The summed E-state index contributed by atoms with van der Waals surface area (Å²) >= 11 is 0. The van der Waals surface area contributed by atoms with Gasteiger partial charge in [0.05, 0.1) is 6.61 Å². The molecule has 0 aliphatic heterocycles. The fraction of sp³-hybridized carbons (Fsp3) is 0.515. The minimum Gasteiger partial charge on any atom is -0.494 e. The second-order valence-corrected chi connectivity index (χ2v) is 10.1. The number of alkyl halides is 1. The van der Waals surface area contributed by atoms with Crippen molar-refractivity contribution in [2.24, 2.45) is 0 Å². The van der Waals surface area contributed by atoms with Gasteiger partial charge in [0, 0.05) is 23.5 Å². The molecule has 0 aliphatic rings. The topological polar surface area (TPSA) is 44.2 Å². The summed E-state index contributed by atoms with van der Waals surface area (Å²) in [6, 6.07) is 15.6. The van der Waals surface area contributed by atoms with Crippen LogP contribution in [0.5, 0.6) is 11.5 Å². The van der Waals surface area contributed by atoms with Gasteiger partial charge in [-0.2, -0.15) is 0 Å². The molecule has 0 amide bonds. The summed E-state index contributed by atoms with van der Waals surface area (Å²) < 4.78 is 25.6. The molecule has 0 N–H and O–H groups in total. The molecular formula is C33H45FN2O2. The Hall–Kier alpha value is -2.95. The molecule has 1 unspecified atom stereocenters. The van der Waals surface area contributed by atoms with Gasteiger partial charge in [0.25, 0.3) is 0 Å². The van der Waals surface area contributed by atoms with E-state index in [1.54, 1.807) is 0 Å². The number of halogens is 1. The third-order valence-electron chi connectivity index (χ3n) is 6.77. The zero-order valence-corrected chi connectivity index (χ0v) is 23.3. The lowest BCUT2D eigenvalue weighted by atomic mass is 10.1. The van der Waals surface area contributed by atoms with Crippen molar-refractivity contribution in [3.63, 3.8) is 0 Å². The summed E-state index contributed by atoms with van der Waals surface area (Å²) in [4.78, 5) is 9.12. The number of unbranched alkanes of at least 4 members (excludes halogenated alkanes) is 9. The van der Waals surface area contributed by atoms with Gasteiger partial charge in [0.1, 0.15) is 24.3 Å². The van der Waals surface area contributed by atoms with Crippen molar-refractivity contribution in [1.82, 2.24) is 9.97 Å². The fourth-order valence-electron chi connectivity index (χ4n) is 4.38. The molecule has 1 aromatic heterocycles. The predicted molar refractivity (Wildman–Crippen MR) is 156 cm³/mol. The maximum atomic E-state index is 14.1. The van der Waals surface area contributed by atoms with E-state index in [9.17, 15) is 4.39 Å². The molecule has 38 heavy (non-hydrogen) atoms. The van der Waals surface area contributed by atoms with Crippen LogP contribution in [0, 0.1) is 0 Å². The molecule has 0 saturated carbocycles. The van der Waals surface area contributed by atoms with Gasteiger partial charge in [-0.05, 0) is 54.8 Å². The molecule has 0 aliphatic carbocycles. The molecule has 0 bridgehead atoms. The lowest BCUT2D eigenvalue weighted by Gasteiger charge is -2.11. The number of benzene rings is 2. The standard InChI is InChI=1S/C33H45FN2O2/c1-3-5-7-9-11-13-23-37-31-21-17-28(18-22-31)33-35-24-29(25-36-33)27-15-19-32(20-16-27)38-26-30(34)14-12-10-8-6-4-2/h15-22,24-25,30H,3-14,23,26H2,1-2H3. The van der Waals surface area contributed by atoms with E-state index in [-0.39, 0.29) is 6.61 Å². The summed E-state index contributed by atoms with van der Waals surface area (Å²) in [6.07, 6.45) is 16.5. The molecule has 4 nitrogen and oxygen atoms in total. The van der Waals surface area contributed by atoms with E-state index in [0.29, 0.717) is 18.0 Å². The van der Waals surface area contributed by atoms with E-state index in [1.807, 2.05) is 60.9 Å². The van der Waals surface area contributed by atoms with Gasteiger partial charge in [-0.1, -0.05) is 90.2 Å². The van der Waals surface area contributed by atoms with E-state index in [0.717, 1.165) is 48.3 Å². The third kappa shape index (κ3) is 10.8. The highest BCUT2D eigenvalue weighted by Crippen LogP contribution is 2.24. The first kappa shape index (κ1) is 29.6. The number of aromatic nitrogens is 2. The van der Waals surface area contributed by atoms with Crippen molar-refractivity contribution < 1.29 is 13.9 Å². The van der Waals surface area contributed by atoms with E-state index in [1.165, 1.54) is 51.4 Å². The Kier molecular flexibility index (Phi) is 13.7. The molecule has 0 radical (unpaired) electrons. The molecular weight excluding hydrogens is 475 g/mol. The lowest BCUT2D eigenvalue weighted by Crippen LogP contribution is -2.12. The van der Waals surface area contributed by atoms with Crippen molar-refractivity contribution in [3.8, 4) is 34.0 Å². The first-order valence-corrected chi connectivity index (χ1v) is 14.6. The molecule has 3 aromatic rings. The predicted octanol–water partition coefficient (Wildman–Crippen LogP) is 9.63. The van der Waals surface area contributed by atoms with Crippen LogP contribution in [-0.2, 0) is 0 Å². The number of nitrogens with zero attached hydrogens (tertiary/aromatic N) is 2. The summed E-state index contributed by atoms with van der Waals surface area (Å²) in [5.41, 5.74) is 2.88. The summed E-state index contributed by atoms with van der Waals surface area (Å²) in [6.45, 7) is 5.29. The Labute approximate surface area is 229 Å². The van der Waals surface area contributed by atoms with Crippen molar-refractivity contribution >= 4 is 0 Å². The van der Waals surface area contributed by atoms with Gasteiger partial charge in [-0.15, -0.1) is 0 Å². The lowest BCUT2D eigenvalue weighted by molar-refractivity contribution is 0.184. The van der Waals surface area contributed by atoms with Crippen LogP contribution in [0.1, 0.15) is 90.9 Å². The molecule has 0 saturated heterocycles. The molecule has 3 rings (SSSR count). The van der Waals surface area contributed by atoms with E-state index < -0.39 is 6.17 Å². The second kappa shape index (κ2) is 17.5. The van der Waals surface area contributed by atoms with Gasteiger partial charge in [-0.25, -0.2) is 14.4 Å². The highest BCUT2D eigenvalue weighted by molar-refractivity contribution is 5.64. The Bertz CT molecular complexity index is 1010. The molecule has 5 heteroatoms. The quantitative estimate of drug-likeness (QED) is 0.148. The first-order valence-electron chi connectivity index (χ1n) is 14.6. The molecule has 2 aromatic carbocycles. The maximum Gasteiger partial charge on any atom is 0.159 e. The van der Waals surface area contributed by atoms with Crippen LogP contribution in [0.15, 0.2) is 60.9 Å². The Morgan fingerprint density at radius 2 is 1.13 bits per heavy atom. The van der Waals surface area contributed by atoms with Crippen LogP contribution in [0.25, 0.3) is 22.5 Å². The van der Waals surface area contributed by atoms with Gasteiger partial charge >= 0.3 is 0 Å². The van der Waals surface area contributed by atoms with Gasteiger partial charge in [-0.3, -0.25) is 0 Å². The van der Waals surface area contributed by atoms with Crippen molar-refractivity contribution in [3.05, 3.63) is 60.9 Å². The summed E-state index contributed by atoms with van der Waals surface area (Å²) in [5, 5.41) is 0. The molecule has 0 fully saturated rings. The number of rotatable bonds is 19. The zero-order chi connectivity index (χ0) is 26.8. The second-order valence-electron chi connectivity index (χ2n) is 10.1. The minimum absolute atomic E-state index is 0.105. The monoisotopic (exact) mass is 520 g/mol. The van der Waals surface area contributed by atoms with Crippen molar-refractivity contribution in [2.75, 3.05) is 13.2 Å². The van der Waals surface area contributed by atoms with Crippen LogP contribution < -0.4 is 9.47 Å². The number of hydrogen-bond acceptors (Lipinski definition) is 4. The average molecular weight is 521 g/mol. The molecule has 206 valence electrons. The third-order valence-corrected chi connectivity index (χ3v) is 6.77. The van der Waals surface area contributed by atoms with Gasteiger partial charge in [0.2, 0.25) is 0 Å². The SMILES string of the molecule is CCCCCCCCOc1ccc(-c2ncc(-c3ccc(OCC(F)CCCCCCC)cc3)cn2)cc1. The summed E-state index contributed by atoms with van der Waals surface area (Å²) in [7, 11) is 0. The fourth-order valence-corrected chi connectivity index (χ4v) is 4.38. The average Bonchev–Trinajstić information content (AvgIpc) is 2.96. The molecule has 1 heterocycles. The van der Waals surface area contributed by atoms with Crippen LogP contribution >= 0.6 is 0 Å². The highest BCUT2D eigenvalue weighted by Gasteiger charge is 2.08. The Morgan fingerprint density at radius 1 is 0.605 bits per heavy atom. The number of ether oxygens (including phenoxy) is 2. The van der Waals surface area contributed by atoms with Crippen LogP contribution in [0.4, 0.5) is 4.39 Å². The van der Waals surface area contributed by atoms with Crippen LogP contribution in [-0.4, -0.2) is 29.4 Å². The minimum atomic E-state index is -0.918.